The molecular weight excluding hydrogens is 611 g/mol. The molecule has 2 aliphatic rings. The molecule has 20 heteroatoms. The second-order valence-electron chi connectivity index (χ2n) is 8.46. The quantitative estimate of drug-likeness (QED) is 0.175. The molecule has 15 nitrogen and oxygen atoms in total. The highest BCUT2D eigenvalue weighted by atomic mass is 32.2. The number of aromatic nitrogens is 4. The van der Waals surface area contributed by atoms with Crippen LogP contribution in [0, 0.1) is 0 Å². The number of aliphatic carboxylic acids is 3. The number of alkyl halides is 3. The Labute approximate surface area is 242 Å². The van der Waals surface area contributed by atoms with Crippen LogP contribution in [0.4, 0.5) is 13.2 Å². The van der Waals surface area contributed by atoms with Crippen LogP contribution in [0.15, 0.2) is 46.8 Å². The van der Waals surface area contributed by atoms with E-state index in [1.807, 2.05) is 0 Å². The number of fused-ring (bicyclic) bond motifs is 1. The van der Waals surface area contributed by atoms with E-state index in [1.54, 1.807) is 30.3 Å². The Kier molecular flexibility index (Phi) is 10.5. The van der Waals surface area contributed by atoms with Crippen molar-refractivity contribution in [2.24, 2.45) is 5.73 Å². The fourth-order valence-electron chi connectivity index (χ4n) is 3.64. The fraction of sp³-hybridized carbons (Fsp3) is 0.364. The number of nitrogens with zero attached hydrogens (tertiary/aromatic N) is 5. The van der Waals surface area contributed by atoms with Gasteiger partial charge in [-0.05, 0) is 21.6 Å². The van der Waals surface area contributed by atoms with Gasteiger partial charge in [0.05, 0.1) is 13.0 Å². The van der Waals surface area contributed by atoms with Gasteiger partial charge in [-0.2, -0.15) is 13.2 Å². The Morgan fingerprint density at radius 1 is 1.17 bits per heavy atom. The molecule has 1 fully saturated rings. The number of carbonyl (C=O) groups is 5. The van der Waals surface area contributed by atoms with Crippen molar-refractivity contribution in [3.8, 4) is 0 Å². The van der Waals surface area contributed by atoms with E-state index in [2.05, 4.69) is 20.8 Å². The highest BCUT2D eigenvalue weighted by molar-refractivity contribution is 8.01. The first kappa shape index (κ1) is 32.3. The molecule has 3 atom stereocenters. The Bertz CT molecular complexity index is 1390. The van der Waals surface area contributed by atoms with Crippen LogP contribution in [0.25, 0.3) is 0 Å². The number of hydrogen-bond donors (Lipinski definition) is 5. The minimum Gasteiger partial charge on any atom is -0.481 e. The average molecular weight is 634 g/mol. The molecule has 1 aromatic heterocycles. The molecule has 226 valence electrons. The summed E-state index contributed by atoms with van der Waals surface area (Å²) >= 11 is 2.49. The molecule has 0 spiro atoms. The second kappa shape index (κ2) is 13.7. The third-order valence-corrected chi connectivity index (χ3v) is 8.03. The maximum absolute atomic E-state index is 12.8. The molecule has 4 rings (SSSR count). The lowest BCUT2D eigenvalue weighted by Crippen LogP contribution is -2.71. The Morgan fingerprint density at radius 2 is 1.81 bits per heavy atom. The monoisotopic (exact) mass is 633 g/mol. The van der Waals surface area contributed by atoms with Gasteiger partial charge >= 0.3 is 24.1 Å². The number of nitrogens with one attached hydrogen (secondary N) is 1. The average Bonchev–Trinajstić information content (AvgIpc) is 3.40. The molecule has 0 aliphatic carbocycles. The molecular formula is C22H22F3N7O8S2. The van der Waals surface area contributed by atoms with E-state index in [0.717, 1.165) is 11.8 Å². The van der Waals surface area contributed by atoms with E-state index in [1.165, 1.54) is 21.3 Å². The largest absolute Gasteiger partial charge is 0.490 e. The fourth-order valence-corrected chi connectivity index (χ4v) is 6.03. The van der Waals surface area contributed by atoms with Crippen LogP contribution in [0.2, 0.25) is 0 Å². The molecule has 1 aromatic carbocycles. The number of nitrogens with two attached hydrogens (primary N) is 1. The standard InChI is InChI=1S/C20H21N7O6S2.C2HF3O2/c21-13(10-4-2-1-3-5-10)16(30)22-14-17(31)27-15(19(32)33)11(8-34-18(14)27)9-35-20-23-24-25-26(20)7-6-12(28)29;3-2(4,5)1(6)7/h1-5,13-14,18H,6-9,21H2,(H,22,30)(H,28,29)(H,32,33);(H,6,7)/t13?,14?,18-;/m1./s1. The zero-order valence-corrected chi connectivity index (χ0v) is 22.7. The van der Waals surface area contributed by atoms with Crippen LogP contribution in [0.5, 0.6) is 0 Å². The van der Waals surface area contributed by atoms with Crippen molar-refractivity contribution in [1.29, 1.82) is 0 Å². The van der Waals surface area contributed by atoms with E-state index in [-0.39, 0.29) is 24.4 Å². The van der Waals surface area contributed by atoms with E-state index in [4.69, 9.17) is 20.7 Å². The minimum atomic E-state index is -5.08. The lowest BCUT2D eigenvalue weighted by Gasteiger charge is -2.49. The molecule has 6 N–H and O–H groups in total. The topological polar surface area (TPSA) is 231 Å². The van der Waals surface area contributed by atoms with Gasteiger partial charge in [0, 0.05) is 11.5 Å². The van der Waals surface area contributed by atoms with Crippen LogP contribution in [-0.2, 0) is 30.5 Å². The van der Waals surface area contributed by atoms with Crippen LogP contribution >= 0.6 is 23.5 Å². The van der Waals surface area contributed by atoms with Gasteiger partial charge in [-0.3, -0.25) is 19.3 Å². The van der Waals surface area contributed by atoms with Gasteiger partial charge in [-0.25, -0.2) is 14.3 Å². The number of aryl methyl sites for hydroxylation is 1. The van der Waals surface area contributed by atoms with Gasteiger partial charge in [0.2, 0.25) is 11.1 Å². The number of benzene rings is 1. The van der Waals surface area contributed by atoms with E-state index in [9.17, 15) is 37.5 Å². The summed E-state index contributed by atoms with van der Waals surface area (Å²) in [6.45, 7) is 0.0729. The molecule has 2 aliphatic heterocycles. The summed E-state index contributed by atoms with van der Waals surface area (Å²) < 4.78 is 33.1. The summed E-state index contributed by atoms with van der Waals surface area (Å²) in [5.41, 5.74) is 6.98. The van der Waals surface area contributed by atoms with Crippen molar-refractivity contribution in [2.45, 2.75) is 41.8 Å². The Balaban J connectivity index is 0.000000616. The molecule has 42 heavy (non-hydrogen) atoms. The predicted octanol–water partition coefficient (Wildman–Crippen LogP) is 0.312. The van der Waals surface area contributed by atoms with Crippen LogP contribution in [-0.4, -0.2) is 99.2 Å². The number of halogens is 3. The van der Waals surface area contributed by atoms with Crippen molar-refractivity contribution in [2.75, 3.05) is 11.5 Å². The third-order valence-electron chi connectivity index (χ3n) is 5.64. The maximum Gasteiger partial charge on any atom is 0.490 e. The SMILES string of the molecule is NC(C(=O)NC1C(=O)N2C(C(=O)O)=C(CSc3nnnn3CCC(=O)O)CS[C@H]12)c1ccccc1.O=C(O)C(F)(F)F. The van der Waals surface area contributed by atoms with Crippen LogP contribution in [0.3, 0.4) is 0 Å². The van der Waals surface area contributed by atoms with Crippen molar-refractivity contribution in [3.05, 3.63) is 47.2 Å². The predicted molar refractivity (Wildman–Crippen MR) is 138 cm³/mol. The smallest absolute Gasteiger partial charge is 0.481 e. The Morgan fingerprint density at radius 3 is 2.38 bits per heavy atom. The van der Waals surface area contributed by atoms with E-state index in [0.29, 0.717) is 22.0 Å². The lowest BCUT2D eigenvalue weighted by atomic mass is 10.0. The molecule has 0 radical (unpaired) electrons. The first-order valence-electron chi connectivity index (χ1n) is 11.6. The number of carbonyl (C=O) groups excluding carboxylic acids is 2. The zero-order valence-electron chi connectivity index (χ0n) is 21.1. The van der Waals surface area contributed by atoms with Gasteiger partial charge < -0.3 is 26.4 Å². The molecule has 3 heterocycles. The van der Waals surface area contributed by atoms with Gasteiger partial charge in [-0.1, -0.05) is 42.1 Å². The number of carboxylic acids is 3. The normalized spacial score (nSPS) is 18.7. The number of amides is 2. The molecule has 1 saturated heterocycles. The second-order valence-corrected chi connectivity index (χ2v) is 10.5. The summed E-state index contributed by atoms with van der Waals surface area (Å²) in [6.07, 6.45) is -5.25. The van der Waals surface area contributed by atoms with Gasteiger partial charge in [-0.15, -0.1) is 16.9 Å². The van der Waals surface area contributed by atoms with Crippen LogP contribution in [0.1, 0.15) is 18.0 Å². The summed E-state index contributed by atoms with van der Waals surface area (Å²) in [5, 5.41) is 39.4. The molecule has 2 aromatic rings. The highest BCUT2D eigenvalue weighted by Crippen LogP contribution is 2.41. The summed E-state index contributed by atoms with van der Waals surface area (Å²) in [6, 6.07) is 6.89. The third kappa shape index (κ3) is 7.76. The molecule has 0 bridgehead atoms. The first-order valence-corrected chi connectivity index (χ1v) is 13.7. The number of rotatable bonds is 10. The van der Waals surface area contributed by atoms with Crippen molar-refractivity contribution in [1.82, 2.24) is 30.4 Å². The minimum absolute atomic E-state index is 0.0729. The molecule has 2 amide bonds. The van der Waals surface area contributed by atoms with Gasteiger partial charge in [0.25, 0.3) is 5.91 Å². The van der Waals surface area contributed by atoms with E-state index >= 15 is 0 Å². The first-order chi connectivity index (χ1) is 19.7. The van der Waals surface area contributed by atoms with Gasteiger partial charge in [0.1, 0.15) is 23.2 Å². The number of hydrogen-bond acceptors (Lipinski definition) is 11. The van der Waals surface area contributed by atoms with Crippen LogP contribution < -0.4 is 11.1 Å². The summed E-state index contributed by atoms with van der Waals surface area (Å²) in [7, 11) is 0. The maximum atomic E-state index is 12.8. The summed E-state index contributed by atoms with van der Waals surface area (Å²) in [4.78, 5) is 58.4. The van der Waals surface area contributed by atoms with Crippen molar-refractivity contribution in [3.63, 3.8) is 0 Å². The molecule has 2 unspecified atom stereocenters. The lowest BCUT2D eigenvalue weighted by molar-refractivity contribution is -0.192. The number of carboxylic acid groups (broad SMARTS) is 3. The Hall–Kier alpha value is -4.17. The molecule has 0 saturated carbocycles. The highest BCUT2D eigenvalue weighted by Gasteiger charge is 2.54. The zero-order chi connectivity index (χ0) is 31.2. The number of β-lactam (4-membered cyclic amide) rings is 1. The van der Waals surface area contributed by atoms with Gasteiger partial charge in [0.15, 0.2) is 0 Å². The summed E-state index contributed by atoms with van der Waals surface area (Å²) in [5.74, 6) is -5.55. The number of tetrazole rings is 1. The van der Waals surface area contributed by atoms with Crippen molar-refractivity contribution < 1.29 is 52.5 Å². The number of thioether (sulfide) groups is 2. The van der Waals surface area contributed by atoms with Crippen molar-refractivity contribution >= 4 is 53.2 Å². The van der Waals surface area contributed by atoms with E-state index < -0.39 is 53.4 Å².